The van der Waals surface area contributed by atoms with Gasteiger partial charge in [-0.3, -0.25) is 4.79 Å². The van der Waals surface area contributed by atoms with Crippen LogP contribution in [0.5, 0.6) is 0 Å². The summed E-state index contributed by atoms with van der Waals surface area (Å²) in [6.45, 7) is 9.75. The molecule has 2 atom stereocenters. The monoisotopic (exact) mass is 200 g/mol. The van der Waals surface area contributed by atoms with E-state index in [0.29, 0.717) is 18.4 Å². The quantitative estimate of drug-likeness (QED) is 0.680. The molecule has 0 saturated heterocycles. The van der Waals surface area contributed by atoms with Crippen LogP contribution < -0.4 is 11.1 Å². The Morgan fingerprint density at radius 1 is 1.29 bits per heavy atom. The summed E-state index contributed by atoms with van der Waals surface area (Å²) in [7, 11) is 0. The van der Waals surface area contributed by atoms with Gasteiger partial charge in [-0.1, -0.05) is 27.7 Å². The minimum atomic E-state index is 0.0411. The second-order valence-corrected chi connectivity index (χ2v) is 4.44. The number of carbonyl (C=O) groups excluding carboxylic acids is 1. The van der Waals surface area contributed by atoms with Crippen LogP contribution in [0.15, 0.2) is 0 Å². The summed E-state index contributed by atoms with van der Waals surface area (Å²) in [5.41, 5.74) is 5.39. The lowest BCUT2D eigenvalue weighted by molar-refractivity contribution is -0.124. The first-order valence-electron chi connectivity index (χ1n) is 5.46. The number of nitrogens with two attached hydrogens (primary N) is 1. The van der Waals surface area contributed by atoms with Gasteiger partial charge < -0.3 is 11.1 Å². The van der Waals surface area contributed by atoms with Gasteiger partial charge in [0.15, 0.2) is 0 Å². The maximum Gasteiger partial charge on any atom is 0.222 e. The van der Waals surface area contributed by atoms with Crippen LogP contribution in [0.3, 0.4) is 0 Å². The molecular weight excluding hydrogens is 176 g/mol. The third-order valence-corrected chi connectivity index (χ3v) is 2.78. The fraction of sp³-hybridized carbons (Fsp3) is 0.909. The topological polar surface area (TPSA) is 55.1 Å². The fourth-order valence-electron chi connectivity index (χ4n) is 1.05. The predicted molar refractivity (Wildman–Crippen MR) is 59.8 cm³/mol. The first kappa shape index (κ1) is 13.4. The highest BCUT2D eigenvalue weighted by molar-refractivity contribution is 5.78. The molecule has 3 nitrogen and oxygen atoms in total. The van der Waals surface area contributed by atoms with Gasteiger partial charge in [0.2, 0.25) is 5.91 Å². The Balaban J connectivity index is 3.73. The molecule has 0 saturated carbocycles. The molecule has 0 aromatic rings. The van der Waals surface area contributed by atoms with Gasteiger partial charge in [-0.05, 0) is 24.8 Å². The second-order valence-electron chi connectivity index (χ2n) is 4.44. The summed E-state index contributed by atoms with van der Waals surface area (Å²) in [6.07, 6.45) is 0.766. The third-order valence-electron chi connectivity index (χ3n) is 2.78. The molecule has 84 valence electrons. The standard InChI is InChI=1S/C11H24N2O/c1-8(2)10(4)7-13-11(14)9(3)5-6-12/h8-10H,5-7,12H2,1-4H3,(H,13,14). The van der Waals surface area contributed by atoms with E-state index in [1.54, 1.807) is 0 Å². The van der Waals surface area contributed by atoms with E-state index in [1.807, 2.05) is 6.92 Å². The van der Waals surface area contributed by atoms with Crippen LogP contribution in [0.2, 0.25) is 0 Å². The molecular formula is C11H24N2O. The lowest BCUT2D eigenvalue weighted by atomic mass is 9.98. The van der Waals surface area contributed by atoms with Crippen molar-refractivity contribution in [2.24, 2.45) is 23.5 Å². The lowest BCUT2D eigenvalue weighted by Gasteiger charge is -2.18. The van der Waals surface area contributed by atoms with Gasteiger partial charge in [0.1, 0.15) is 0 Å². The summed E-state index contributed by atoms with van der Waals surface area (Å²) in [5, 5.41) is 2.95. The zero-order chi connectivity index (χ0) is 11.1. The third kappa shape index (κ3) is 5.22. The van der Waals surface area contributed by atoms with Crippen molar-refractivity contribution < 1.29 is 4.79 Å². The summed E-state index contributed by atoms with van der Waals surface area (Å²) in [5.74, 6) is 1.31. The van der Waals surface area contributed by atoms with E-state index in [4.69, 9.17) is 5.73 Å². The first-order valence-corrected chi connectivity index (χ1v) is 5.46. The Labute approximate surface area is 87.4 Å². The van der Waals surface area contributed by atoms with E-state index in [-0.39, 0.29) is 11.8 Å². The zero-order valence-electron chi connectivity index (χ0n) is 9.84. The van der Waals surface area contributed by atoms with Crippen LogP contribution in [0.4, 0.5) is 0 Å². The first-order chi connectivity index (χ1) is 6.49. The molecule has 2 unspecified atom stereocenters. The Hall–Kier alpha value is -0.570. The molecule has 0 aliphatic heterocycles. The van der Waals surface area contributed by atoms with E-state index in [2.05, 4.69) is 26.1 Å². The molecule has 0 aromatic heterocycles. The summed E-state index contributed by atoms with van der Waals surface area (Å²) in [6, 6.07) is 0. The molecule has 0 aromatic carbocycles. The Morgan fingerprint density at radius 2 is 1.86 bits per heavy atom. The number of hydrogen-bond acceptors (Lipinski definition) is 2. The summed E-state index contributed by atoms with van der Waals surface area (Å²) >= 11 is 0. The minimum Gasteiger partial charge on any atom is -0.356 e. The highest BCUT2D eigenvalue weighted by Gasteiger charge is 2.13. The van der Waals surface area contributed by atoms with E-state index in [1.165, 1.54) is 0 Å². The number of hydrogen-bond donors (Lipinski definition) is 2. The van der Waals surface area contributed by atoms with Crippen LogP contribution in [0.25, 0.3) is 0 Å². The van der Waals surface area contributed by atoms with Gasteiger partial charge in [-0.15, -0.1) is 0 Å². The highest BCUT2D eigenvalue weighted by atomic mass is 16.1. The number of amides is 1. The van der Waals surface area contributed by atoms with Gasteiger partial charge in [-0.2, -0.15) is 0 Å². The van der Waals surface area contributed by atoms with Gasteiger partial charge in [0, 0.05) is 12.5 Å². The molecule has 1 amide bonds. The van der Waals surface area contributed by atoms with Crippen molar-refractivity contribution in [3.63, 3.8) is 0 Å². The maximum atomic E-state index is 11.5. The van der Waals surface area contributed by atoms with E-state index < -0.39 is 0 Å². The van der Waals surface area contributed by atoms with Crippen LogP contribution in [-0.4, -0.2) is 19.0 Å². The smallest absolute Gasteiger partial charge is 0.222 e. The summed E-state index contributed by atoms with van der Waals surface area (Å²) < 4.78 is 0. The lowest BCUT2D eigenvalue weighted by Crippen LogP contribution is -2.34. The molecule has 0 rings (SSSR count). The van der Waals surface area contributed by atoms with Crippen LogP contribution in [0, 0.1) is 17.8 Å². The fourth-order valence-corrected chi connectivity index (χ4v) is 1.05. The second kappa shape index (κ2) is 6.82. The van der Waals surface area contributed by atoms with Crippen LogP contribution in [-0.2, 0) is 4.79 Å². The Morgan fingerprint density at radius 3 is 2.29 bits per heavy atom. The zero-order valence-corrected chi connectivity index (χ0v) is 9.84. The maximum absolute atomic E-state index is 11.5. The van der Waals surface area contributed by atoms with Crippen molar-refractivity contribution in [2.45, 2.75) is 34.1 Å². The van der Waals surface area contributed by atoms with Crippen LogP contribution >= 0.6 is 0 Å². The number of rotatable bonds is 6. The van der Waals surface area contributed by atoms with Gasteiger partial charge in [0.05, 0.1) is 0 Å². The van der Waals surface area contributed by atoms with E-state index >= 15 is 0 Å². The molecule has 0 bridgehead atoms. The van der Waals surface area contributed by atoms with Crippen molar-refractivity contribution in [2.75, 3.05) is 13.1 Å². The predicted octanol–water partition coefficient (Wildman–Crippen LogP) is 1.38. The van der Waals surface area contributed by atoms with Crippen molar-refractivity contribution in [1.82, 2.24) is 5.32 Å². The average Bonchev–Trinajstić information content (AvgIpc) is 2.13. The molecule has 3 heteroatoms. The number of carbonyl (C=O) groups is 1. The summed E-state index contributed by atoms with van der Waals surface area (Å²) in [4.78, 5) is 11.5. The van der Waals surface area contributed by atoms with Gasteiger partial charge >= 0.3 is 0 Å². The van der Waals surface area contributed by atoms with Gasteiger partial charge in [0.25, 0.3) is 0 Å². The van der Waals surface area contributed by atoms with E-state index in [9.17, 15) is 4.79 Å². The Kier molecular flexibility index (Phi) is 6.54. The van der Waals surface area contributed by atoms with E-state index in [0.717, 1.165) is 13.0 Å². The van der Waals surface area contributed by atoms with Crippen molar-refractivity contribution in [3.8, 4) is 0 Å². The normalized spacial score (nSPS) is 15.3. The molecule has 0 spiro atoms. The number of nitrogens with one attached hydrogen (secondary N) is 1. The molecule has 3 N–H and O–H groups in total. The SMILES string of the molecule is CC(CCN)C(=O)NCC(C)C(C)C. The largest absolute Gasteiger partial charge is 0.356 e. The van der Waals surface area contributed by atoms with Crippen molar-refractivity contribution in [1.29, 1.82) is 0 Å². The minimum absolute atomic E-state index is 0.0411. The highest BCUT2D eigenvalue weighted by Crippen LogP contribution is 2.08. The molecule has 0 radical (unpaired) electrons. The molecule has 0 aliphatic carbocycles. The average molecular weight is 200 g/mol. The molecule has 0 fully saturated rings. The molecule has 14 heavy (non-hydrogen) atoms. The molecule has 0 aliphatic rings. The Bertz CT molecular complexity index is 169. The van der Waals surface area contributed by atoms with Crippen molar-refractivity contribution >= 4 is 5.91 Å². The van der Waals surface area contributed by atoms with Crippen LogP contribution in [0.1, 0.15) is 34.1 Å². The van der Waals surface area contributed by atoms with Crippen molar-refractivity contribution in [3.05, 3.63) is 0 Å². The van der Waals surface area contributed by atoms with Gasteiger partial charge in [-0.25, -0.2) is 0 Å². The molecule has 0 heterocycles.